The Labute approximate surface area is 221 Å². The molecule has 4 rings (SSSR count). The Morgan fingerprint density at radius 3 is 2.46 bits per heavy atom. The zero-order valence-electron chi connectivity index (χ0n) is 21.4. The van der Waals surface area contributed by atoms with Crippen molar-refractivity contribution in [3.8, 4) is 11.5 Å². The maximum Gasteiger partial charge on any atom is 0.322 e. The monoisotopic (exact) mass is 519 g/mol. The number of urea groups is 1. The number of nitrogens with zero attached hydrogens (tertiary/aromatic N) is 1. The highest BCUT2D eigenvalue weighted by molar-refractivity contribution is 6.30. The molecule has 0 spiro atoms. The summed E-state index contributed by atoms with van der Waals surface area (Å²) in [6, 6.07) is 18.2. The van der Waals surface area contributed by atoms with E-state index in [1.54, 1.807) is 43.4 Å². The zero-order valence-corrected chi connectivity index (χ0v) is 22.1. The van der Waals surface area contributed by atoms with Crippen LogP contribution in [0.2, 0.25) is 5.02 Å². The van der Waals surface area contributed by atoms with Crippen molar-refractivity contribution in [2.75, 3.05) is 26.1 Å². The number of H-pyrrole nitrogens is 1. The van der Waals surface area contributed by atoms with Crippen LogP contribution in [0.1, 0.15) is 22.3 Å². The molecule has 1 heterocycles. The first kappa shape index (κ1) is 26.1. The molecule has 0 aliphatic heterocycles. The van der Waals surface area contributed by atoms with E-state index in [9.17, 15) is 9.59 Å². The Balaban J connectivity index is 1.64. The second-order valence-corrected chi connectivity index (χ2v) is 9.35. The third kappa shape index (κ3) is 6.06. The van der Waals surface area contributed by atoms with Gasteiger partial charge in [-0.15, -0.1) is 0 Å². The Kier molecular flexibility index (Phi) is 8.04. The van der Waals surface area contributed by atoms with Crippen molar-refractivity contribution < 1.29 is 14.3 Å². The molecule has 192 valence electrons. The molecule has 7 nitrogen and oxygen atoms in total. The molecule has 2 amide bonds. The molecule has 0 saturated heterocycles. The lowest BCUT2D eigenvalue weighted by Gasteiger charge is -2.24. The molecule has 1 aromatic heterocycles. The molecule has 2 N–H and O–H groups in total. The summed E-state index contributed by atoms with van der Waals surface area (Å²) in [6.07, 6.45) is 0.549. The molecular weight excluding hydrogens is 490 g/mol. The molecule has 0 unspecified atom stereocenters. The second kappa shape index (κ2) is 11.4. The quantitative estimate of drug-likeness (QED) is 0.295. The minimum absolute atomic E-state index is 0.137. The van der Waals surface area contributed by atoms with Gasteiger partial charge in [0, 0.05) is 28.2 Å². The van der Waals surface area contributed by atoms with E-state index in [1.807, 2.05) is 50.2 Å². The van der Waals surface area contributed by atoms with Crippen LogP contribution in [0.3, 0.4) is 0 Å². The summed E-state index contributed by atoms with van der Waals surface area (Å²) in [5.74, 6) is 1.25. The van der Waals surface area contributed by atoms with Crippen LogP contribution in [-0.2, 0) is 13.0 Å². The third-order valence-corrected chi connectivity index (χ3v) is 6.60. The van der Waals surface area contributed by atoms with Gasteiger partial charge in [0.1, 0.15) is 0 Å². The van der Waals surface area contributed by atoms with Gasteiger partial charge in [-0.25, -0.2) is 4.79 Å². The fourth-order valence-corrected chi connectivity index (χ4v) is 4.45. The van der Waals surface area contributed by atoms with Crippen LogP contribution in [0.4, 0.5) is 10.5 Å². The first-order valence-electron chi connectivity index (χ1n) is 11.9. The van der Waals surface area contributed by atoms with E-state index < -0.39 is 0 Å². The maximum absolute atomic E-state index is 13.4. The molecule has 4 aromatic rings. The Hall–Kier alpha value is -3.97. The van der Waals surface area contributed by atoms with Crippen molar-refractivity contribution >= 4 is 34.2 Å². The zero-order chi connectivity index (χ0) is 26.5. The van der Waals surface area contributed by atoms with E-state index in [1.165, 1.54) is 0 Å². The lowest BCUT2D eigenvalue weighted by molar-refractivity contribution is 0.209. The summed E-state index contributed by atoms with van der Waals surface area (Å²) in [5, 5.41) is 4.39. The number of aromatic nitrogens is 1. The van der Waals surface area contributed by atoms with Crippen LogP contribution in [0.5, 0.6) is 11.5 Å². The summed E-state index contributed by atoms with van der Waals surface area (Å²) in [4.78, 5) is 31.0. The van der Waals surface area contributed by atoms with Crippen LogP contribution >= 0.6 is 11.6 Å². The molecule has 8 heteroatoms. The number of rotatable bonds is 8. The third-order valence-electron chi connectivity index (χ3n) is 6.36. The highest BCUT2D eigenvalue weighted by Crippen LogP contribution is 2.28. The number of hydrogen-bond donors (Lipinski definition) is 2. The van der Waals surface area contributed by atoms with Crippen molar-refractivity contribution in [1.29, 1.82) is 0 Å². The van der Waals surface area contributed by atoms with Crippen LogP contribution in [-0.4, -0.2) is 36.7 Å². The van der Waals surface area contributed by atoms with Gasteiger partial charge < -0.3 is 24.7 Å². The molecule has 0 aliphatic carbocycles. The van der Waals surface area contributed by atoms with E-state index in [2.05, 4.69) is 10.3 Å². The fourth-order valence-electron chi connectivity index (χ4n) is 4.26. The van der Waals surface area contributed by atoms with Gasteiger partial charge in [-0.1, -0.05) is 35.9 Å². The smallest absolute Gasteiger partial charge is 0.322 e. The molecule has 37 heavy (non-hydrogen) atoms. The number of carbonyl (C=O) groups excluding carboxylic acids is 1. The summed E-state index contributed by atoms with van der Waals surface area (Å²) >= 11 is 6.10. The molecule has 0 atom stereocenters. The van der Waals surface area contributed by atoms with Crippen molar-refractivity contribution in [3.63, 3.8) is 0 Å². The lowest BCUT2D eigenvalue weighted by Crippen LogP contribution is -2.37. The normalized spacial score (nSPS) is 10.8. The number of methoxy groups -OCH3 is 2. The topological polar surface area (TPSA) is 83.7 Å². The van der Waals surface area contributed by atoms with E-state index in [0.717, 1.165) is 27.6 Å². The molecule has 0 saturated carbocycles. The number of amides is 2. The molecule has 0 fully saturated rings. The van der Waals surface area contributed by atoms with Crippen LogP contribution < -0.4 is 20.3 Å². The van der Waals surface area contributed by atoms with Gasteiger partial charge in [0.05, 0.1) is 26.3 Å². The SMILES string of the molecule is COc1ccc(CCN(Cc2cc3c(C)ccc(C)c3[nH]c2=O)C(=O)Nc2cccc(Cl)c2)cc1OC. The number of carbonyl (C=O) groups is 1. The molecule has 0 bridgehead atoms. The van der Waals surface area contributed by atoms with Crippen LogP contribution in [0.25, 0.3) is 10.9 Å². The Bertz CT molecular complexity index is 1500. The van der Waals surface area contributed by atoms with Gasteiger partial charge in [-0.3, -0.25) is 4.79 Å². The standard InChI is InChI=1S/C29H30ClN3O4/c1-18-8-9-19(2)27-24(18)15-21(28(34)32-27)17-33(29(35)31-23-7-5-6-22(30)16-23)13-12-20-10-11-25(36-3)26(14-20)37-4/h5-11,14-16H,12-13,17H2,1-4H3,(H,31,35)(H,32,34). The van der Waals surface area contributed by atoms with Crippen molar-refractivity contribution in [1.82, 2.24) is 9.88 Å². The number of halogens is 1. The maximum atomic E-state index is 13.4. The number of fused-ring (bicyclic) bond motifs is 1. The minimum Gasteiger partial charge on any atom is -0.493 e. The van der Waals surface area contributed by atoms with Crippen molar-refractivity contribution in [2.45, 2.75) is 26.8 Å². The summed E-state index contributed by atoms with van der Waals surface area (Å²) in [7, 11) is 3.17. The number of anilines is 1. The van der Waals surface area contributed by atoms with Crippen molar-refractivity contribution in [2.24, 2.45) is 0 Å². The van der Waals surface area contributed by atoms with E-state index in [-0.39, 0.29) is 18.1 Å². The number of aromatic amines is 1. The van der Waals surface area contributed by atoms with Crippen LogP contribution in [0.15, 0.2) is 65.5 Å². The average molecular weight is 520 g/mol. The summed E-state index contributed by atoms with van der Waals surface area (Å²) < 4.78 is 10.7. The first-order chi connectivity index (χ1) is 17.8. The number of ether oxygens (including phenoxy) is 2. The predicted octanol–water partition coefficient (Wildman–Crippen LogP) is 6.09. The van der Waals surface area contributed by atoms with Gasteiger partial charge >= 0.3 is 6.03 Å². The number of nitrogens with one attached hydrogen (secondary N) is 2. The lowest BCUT2D eigenvalue weighted by atomic mass is 10.0. The van der Waals surface area contributed by atoms with Gasteiger partial charge in [-0.2, -0.15) is 0 Å². The Morgan fingerprint density at radius 2 is 1.73 bits per heavy atom. The number of pyridine rings is 1. The largest absolute Gasteiger partial charge is 0.493 e. The van der Waals surface area contributed by atoms with Crippen molar-refractivity contribution in [3.05, 3.63) is 98.3 Å². The van der Waals surface area contributed by atoms with Crippen LogP contribution in [0, 0.1) is 13.8 Å². The fraction of sp³-hybridized carbons (Fsp3) is 0.241. The second-order valence-electron chi connectivity index (χ2n) is 8.91. The van der Waals surface area contributed by atoms with E-state index >= 15 is 0 Å². The first-order valence-corrected chi connectivity index (χ1v) is 12.3. The van der Waals surface area contributed by atoms with Gasteiger partial charge in [0.25, 0.3) is 5.56 Å². The highest BCUT2D eigenvalue weighted by Gasteiger charge is 2.18. The average Bonchev–Trinajstić information content (AvgIpc) is 2.89. The minimum atomic E-state index is -0.330. The number of hydrogen-bond acceptors (Lipinski definition) is 4. The summed E-state index contributed by atoms with van der Waals surface area (Å²) in [6.45, 7) is 4.47. The van der Waals surface area contributed by atoms with Gasteiger partial charge in [-0.05, 0) is 73.4 Å². The molecule has 0 aliphatic rings. The molecule has 3 aromatic carbocycles. The van der Waals surface area contributed by atoms with E-state index in [0.29, 0.717) is 40.7 Å². The highest BCUT2D eigenvalue weighted by atomic mass is 35.5. The molecular formula is C29H30ClN3O4. The Morgan fingerprint density at radius 1 is 0.973 bits per heavy atom. The van der Waals surface area contributed by atoms with Gasteiger partial charge in [0.15, 0.2) is 11.5 Å². The number of aryl methyl sites for hydroxylation is 2. The summed E-state index contributed by atoms with van der Waals surface area (Å²) in [5.41, 5.74) is 4.70. The van der Waals surface area contributed by atoms with Gasteiger partial charge in [0.2, 0.25) is 0 Å². The predicted molar refractivity (Wildman–Crippen MR) is 148 cm³/mol. The van der Waals surface area contributed by atoms with E-state index in [4.69, 9.17) is 21.1 Å². The molecule has 0 radical (unpaired) electrons. The number of benzene rings is 3.